The molecule has 96 valence electrons. The molecule has 2 aromatic heterocycles. The highest BCUT2D eigenvalue weighted by molar-refractivity contribution is 5.31. The van der Waals surface area contributed by atoms with Crippen LogP contribution in [0.15, 0.2) is 12.4 Å². The smallest absolute Gasteiger partial charge is 0.221 e. The van der Waals surface area contributed by atoms with E-state index < -0.39 is 0 Å². The van der Waals surface area contributed by atoms with Gasteiger partial charge in [-0.1, -0.05) is 6.92 Å². The van der Waals surface area contributed by atoms with Crippen LogP contribution in [0.25, 0.3) is 0 Å². The van der Waals surface area contributed by atoms with Gasteiger partial charge in [0.1, 0.15) is 0 Å². The van der Waals surface area contributed by atoms with Crippen molar-refractivity contribution in [2.24, 2.45) is 0 Å². The molecule has 3 heterocycles. The lowest BCUT2D eigenvalue weighted by Gasteiger charge is -2.23. The van der Waals surface area contributed by atoms with Crippen LogP contribution in [0.2, 0.25) is 0 Å². The van der Waals surface area contributed by atoms with Crippen molar-refractivity contribution in [2.75, 3.05) is 11.9 Å². The van der Waals surface area contributed by atoms with E-state index in [-0.39, 0.29) is 6.04 Å². The lowest BCUT2D eigenvalue weighted by molar-refractivity contribution is 0.476. The van der Waals surface area contributed by atoms with E-state index in [0.717, 1.165) is 37.7 Å². The van der Waals surface area contributed by atoms with Crippen LogP contribution in [0.5, 0.6) is 0 Å². The van der Waals surface area contributed by atoms with Gasteiger partial charge in [-0.2, -0.15) is 15.2 Å². The Morgan fingerprint density at radius 3 is 3.06 bits per heavy atom. The van der Waals surface area contributed by atoms with E-state index in [1.54, 1.807) is 0 Å². The van der Waals surface area contributed by atoms with Crippen molar-refractivity contribution < 1.29 is 0 Å². The van der Waals surface area contributed by atoms with Gasteiger partial charge in [0.05, 0.1) is 12.2 Å². The Labute approximate surface area is 106 Å². The predicted octanol–water partition coefficient (Wildman–Crippen LogP) is 1.46. The first-order valence-electron chi connectivity index (χ1n) is 6.53. The zero-order valence-electron chi connectivity index (χ0n) is 10.8. The summed E-state index contributed by atoms with van der Waals surface area (Å²) in [6.07, 6.45) is 5.93. The second kappa shape index (κ2) is 4.44. The second-order valence-electron chi connectivity index (χ2n) is 4.51. The van der Waals surface area contributed by atoms with Gasteiger partial charge in [0.25, 0.3) is 0 Å². The molecule has 0 fully saturated rings. The van der Waals surface area contributed by atoms with Crippen molar-refractivity contribution in [2.45, 2.75) is 39.3 Å². The van der Waals surface area contributed by atoms with Gasteiger partial charge in [-0.15, -0.1) is 0 Å². The third kappa shape index (κ3) is 1.77. The molecule has 0 bridgehead atoms. The number of aryl methyl sites for hydroxylation is 2. The lowest BCUT2D eigenvalue weighted by atomic mass is 10.1. The molecule has 6 heteroatoms. The molecule has 6 nitrogen and oxygen atoms in total. The second-order valence-corrected chi connectivity index (χ2v) is 4.51. The summed E-state index contributed by atoms with van der Waals surface area (Å²) >= 11 is 0. The maximum absolute atomic E-state index is 4.57. The zero-order valence-corrected chi connectivity index (χ0v) is 10.8. The fourth-order valence-corrected chi connectivity index (χ4v) is 2.33. The largest absolute Gasteiger partial charge is 0.354 e. The van der Waals surface area contributed by atoms with Gasteiger partial charge in [-0.3, -0.25) is 4.68 Å². The van der Waals surface area contributed by atoms with Crippen LogP contribution in [0.3, 0.4) is 0 Å². The topological polar surface area (TPSA) is 60.6 Å². The number of nitrogens with one attached hydrogen (secondary N) is 1. The van der Waals surface area contributed by atoms with E-state index in [4.69, 9.17) is 0 Å². The highest BCUT2D eigenvalue weighted by Crippen LogP contribution is 2.27. The molecule has 0 saturated heterocycles. The van der Waals surface area contributed by atoms with E-state index in [1.807, 2.05) is 15.6 Å². The molecule has 0 amide bonds. The van der Waals surface area contributed by atoms with E-state index in [2.05, 4.69) is 40.5 Å². The van der Waals surface area contributed by atoms with E-state index in [0.29, 0.717) is 0 Å². The summed E-state index contributed by atoms with van der Waals surface area (Å²) in [5, 5.41) is 12.2. The van der Waals surface area contributed by atoms with Crippen LogP contribution in [0, 0.1) is 0 Å². The number of aromatic nitrogens is 5. The molecule has 0 saturated carbocycles. The lowest BCUT2D eigenvalue weighted by Crippen LogP contribution is -2.24. The van der Waals surface area contributed by atoms with Gasteiger partial charge in [-0.05, 0) is 13.3 Å². The first kappa shape index (κ1) is 11.3. The normalized spacial score (nSPS) is 18.4. The zero-order chi connectivity index (χ0) is 12.5. The molecule has 0 aliphatic carbocycles. The monoisotopic (exact) mass is 246 g/mol. The van der Waals surface area contributed by atoms with Crippen LogP contribution in [-0.2, 0) is 13.0 Å². The highest BCUT2D eigenvalue weighted by Gasteiger charge is 2.24. The summed E-state index contributed by atoms with van der Waals surface area (Å²) in [4.78, 5) is 4.49. The first-order chi connectivity index (χ1) is 8.81. The summed E-state index contributed by atoms with van der Waals surface area (Å²) in [5.41, 5.74) is 1.21. The molecule has 1 unspecified atom stereocenters. The van der Waals surface area contributed by atoms with Crippen LogP contribution < -0.4 is 5.32 Å². The van der Waals surface area contributed by atoms with E-state index in [1.165, 1.54) is 5.56 Å². The Morgan fingerprint density at radius 1 is 1.44 bits per heavy atom. The Kier molecular flexibility index (Phi) is 2.77. The minimum atomic E-state index is 0.259. The van der Waals surface area contributed by atoms with Crippen molar-refractivity contribution in [3.63, 3.8) is 0 Å². The maximum atomic E-state index is 4.57. The minimum Gasteiger partial charge on any atom is -0.354 e. The maximum Gasteiger partial charge on any atom is 0.221 e. The number of rotatable bonds is 3. The highest BCUT2D eigenvalue weighted by atomic mass is 15.4. The molecule has 2 aromatic rings. The molecule has 0 spiro atoms. The van der Waals surface area contributed by atoms with Crippen molar-refractivity contribution in [1.29, 1.82) is 0 Å². The van der Waals surface area contributed by atoms with Crippen molar-refractivity contribution in [3.05, 3.63) is 23.8 Å². The van der Waals surface area contributed by atoms with Crippen LogP contribution >= 0.6 is 0 Å². The van der Waals surface area contributed by atoms with Gasteiger partial charge >= 0.3 is 0 Å². The average molecular weight is 246 g/mol. The number of hydrogen-bond acceptors (Lipinski definition) is 4. The number of fused-ring (bicyclic) bond motifs is 1. The summed E-state index contributed by atoms with van der Waals surface area (Å²) < 4.78 is 3.95. The van der Waals surface area contributed by atoms with Gasteiger partial charge < -0.3 is 5.32 Å². The fourth-order valence-electron chi connectivity index (χ4n) is 2.33. The van der Waals surface area contributed by atoms with Crippen molar-refractivity contribution in [3.8, 4) is 0 Å². The molecule has 1 atom stereocenters. The molecular formula is C12H18N6. The third-order valence-corrected chi connectivity index (χ3v) is 3.35. The quantitative estimate of drug-likeness (QED) is 0.890. The van der Waals surface area contributed by atoms with E-state index in [9.17, 15) is 0 Å². The van der Waals surface area contributed by atoms with Gasteiger partial charge in [-0.25, -0.2) is 4.68 Å². The molecule has 1 N–H and O–H groups in total. The van der Waals surface area contributed by atoms with Crippen molar-refractivity contribution >= 4 is 5.95 Å². The molecule has 0 aromatic carbocycles. The summed E-state index contributed by atoms with van der Waals surface area (Å²) in [6.45, 7) is 6.00. The molecule has 1 aliphatic rings. The predicted molar refractivity (Wildman–Crippen MR) is 68.5 cm³/mol. The Bertz CT molecular complexity index is 541. The minimum absolute atomic E-state index is 0.259. The number of hydrogen-bond donors (Lipinski definition) is 1. The molecule has 18 heavy (non-hydrogen) atoms. The van der Waals surface area contributed by atoms with Gasteiger partial charge in [0.15, 0.2) is 5.82 Å². The molecule has 1 aliphatic heterocycles. The van der Waals surface area contributed by atoms with Crippen molar-refractivity contribution in [1.82, 2.24) is 24.5 Å². The summed E-state index contributed by atoms with van der Waals surface area (Å²) in [5.74, 6) is 1.78. The van der Waals surface area contributed by atoms with Crippen LogP contribution in [0.4, 0.5) is 5.95 Å². The summed E-state index contributed by atoms with van der Waals surface area (Å²) in [7, 11) is 0. The number of nitrogens with zero attached hydrogens (tertiary/aromatic N) is 5. The molecule has 3 rings (SSSR count). The SMILES string of the molecule is CCc1nc2n(n1)C(c1cnn(CC)c1)CCN2. The number of anilines is 1. The Hall–Kier alpha value is -1.85. The van der Waals surface area contributed by atoms with Crippen LogP contribution in [-0.4, -0.2) is 31.1 Å². The standard InChI is InChI=1S/C12H18N6/c1-3-11-15-12-13-6-5-10(18(12)16-11)9-7-14-17(4-2)8-9/h7-8,10H,3-6H2,1-2H3,(H,13,15,16). The Balaban J connectivity index is 1.97. The summed E-state index contributed by atoms with van der Waals surface area (Å²) in [6, 6.07) is 0.259. The molecular weight excluding hydrogens is 228 g/mol. The van der Waals surface area contributed by atoms with Gasteiger partial charge in [0.2, 0.25) is 5.95 Å². The van der Waals surface area contributed by atoms with Crippen LogP contribution in [0.1, 0.15) is 37.7 Å². The molecule has 0 radical (unpaired) electrons. The third-order valence-electron chi connectivity index (χ3n) is 3.35. The fraction of sp³-hybridized carbons (Fsp3) is 0.583. The van der Waals surface area contributed by atoms with E-state index >= 15 is 0 Å². The Morgan fingerprint density at radius 2 is 2.33 bits per heavy atom. The average Bonchev–Trinajstić information content (AvgIpc) is 3.04. The van der Waals surface area contributed by atoms with Gasteiger partial charge in [0, 0.05) is 31.3 Å². The first-order valence-corrected chi connectivity index (χ1v) is 6.53.